The van der Waals surface area contributed by atoms with Gasteiger partial charge in [-0.05, 0) is 35.9 Å². The Morgan fingerprint density at radius 1 is 0.886 bits per heavy atom. The number of methoxy groups -OCH3 is 2. The summed E-state index contributed by atoms with van der Waals surface area (Å²) in [6.45, 7) is 0. The number of carbonyl (C=O) groups is 3. The molecule has 0 saturated carbocycles. The van der Waals surface area contributed by atoms with E-state index in [1.54, 1.807) is 43.5 Å². The van der Waals surface area contributed by atoms with E-state index in [2.05, 4.69) is 10.6 Å². The van der Waals surface area contributed by atoms with Gasteiger partial charge in [-0.1, -0.05) is 36.4 Å². The van der Waals surface area contributed by atoms with Crippen LogP contribution in [0.1, 0.15) is 10.8 Å². The Labute approximate surface area is 207 Å². The summed E-state index contributed by atoms with van der Waals surface area (Å²) in [4.78, 5) is 36.7. The lowest BCUT2D eigenvalue weighted by Crippen LogP contribution is -2.19. The summed E-state index contributed by atoms with van der Waals surface area (Å²) in [6.07, 6.45) is 1.70. The lowest BCUT2D eigenvalue weighted by atomic mass is 10.1. The minimum absolute atomic E-state index is 0.261. The van der Waals surface area contributed by atoms with Gasteiger partial charge in [-0.15, -0.1) is 11.8 Å². The van der Waals surface area contributed by atoms with E-state index in [9.17, 15) is 14.4 Å². The SMILES string of the molecule is COc1ccc(NC(=O)C(Sc2cccc(NC(=O)/C=C/C(=O)O)c2)c2ccccc2)c(OC)c1. The normalized spacial score (nSPS) is 11.5. The average molecular weight is 493 g/mol. The predicted molar refractivity (Wildman–Crippen MR) is 135 cm³/mol. The number of carbonyl (C=O) groups excluding carboxylic acids is 2. The van der Waals surface area contributed by atoms with E-state index in [0.29, 0.717) is 22.9 Å². The van der Waals surface area contributed by atoms with E-state index in [0.717, 1.165) is 22.6 Å². The molecule has 180 valence electrons. The first-order chi connectivity index (χ1) is 16.9. The number of hydrogen-bond donors (Lipinski definition) is 3. The van der Waals surface area contributed by atoms with Gasteiger partial charge in [0, 0.05) is 28.8 Å². The van der Waals surface area contributed by atoms with Gasteiger partial charge in [-0.3, -0.25) is 9.59 Å². The molecular weight excluding hydrogens is 468 g/mol. The monoisotopic (exact) mass is 492 g/mol. The lowest BCUT2D eigenvalue weighted by molar-refractivity contribution is -0.131. The van der Waals surface area contributed by atoms with Gasteiger partial charge in [0.2, 0.25) is 11.8 Å². The van der Waals surface area contributed by atoms with Crippen molar-refractivity contribution in [3.63, 3.8) is 0 Å². The highest BCUT2D eigenvalue weighted by atomic mass is 32.2. The molecule has 0 bridgehead atoms. The van der Waals surface area contributed by atoms with Crippen molar-refractivity contribution in [1.82, 2.24) is 0 Å². The summed E-state index contributed by atoms with van der Waals surface area (Å²) in [5.74, 6) is -0.976. The topological polar surface area (TPSA) is 114 Å². The number of carboxylic acid groups (broad SMARTS) is 1. The van der Waals surface area contributed by atoms with E-state index in [4.69, 9.17) is 14.6 Å². The van der Waals surface area contributed by atoms with Crippen molar-refractivity contribution >= 4 is 40.9 Å². The van der Waals surface area contributed by atoms with Crippen LogP contribution in [0, 0.1) is 0 Å². The van der Waals surface area contributed by atoms with Crippen LogP contribution in [-0.2, 0) is 14.4 Å². The van der Waals surface area contributed by atoms with Crippen molar-refractivity contribution in [1.29, 1.82) is 0 Å². The molecule has 8 nitrogen and oxygen atoms in total. The fourth-order valence-corrected chi connectivity index (χ4v) is 4.20. The van der Waals surface area contributed by atoms with Crippen molar-refractivity contribution in [2.45, 2.75) is 10.1 Å². The molecule has 0 radical (unpaired) electrons. The van der Waals surface area contributed by atoms with Gasteiger partial charge < -0.3 is 25.2 Å². The van der Waals surface area contributed by atoms with Gasteiger partial charge in [0.15, 0.2) is 0 Å². The minimum Gasteiger partial charge on any atom is -0.497 e. The zero-order valence-corrected chi connectivity index (χ0v) is 19.9. The van der Waals surface area contributed by atoms with Crippen LogP contribution in [0.4, 0.5) is 11.4 Å². The number of ether oxygens (including phenoxy) is 2. The quantitative estimate of drug-likeness (QED) is 0.276. The largest absolute Gasteiger partial charge is 0.497 e. The number of carboxylic acids is 1. The maximum Gasteiger partial charge on any atom is 0.328 e. The van der Waals surface area contributed by atoms with E-state index >= 15 is 0 Å². The fraction of sp³-hybridized carbons (Fsp3) is 0.115. The van der Waals surface area contributed by atoms with Crippen LogP contribution in [0.3, 0.4) is 0 Å². The highest BCUT2D eigenvalue weighted by Gasteiger charge is 2.23. The summed E-state index contributed by atoms with van der Waals surface area (Å²) in [7, 11) is 3.06. The number of thioether (sulfide) groups is 1. The molecule has 3 aromatic rings. The molecule has 0 aliphatic heterocycles. The van der Waals surface area contributed by atoms with Gasteiger partial charge >= 0.3 is 5.97 Å². The Morgan fingerprint density at radius 3 is 2.34 bits per heavy atom. The molecule has 0 aromatic heterocycles. The molecule has 0 aliphatic carbocycles. The first kappa shape index (κ1) is 25.4. The Bertz CT molecular complexity index is 1230. The highest BCUT2D eigenvalue weighted by molar-refractivity contribution is 8.00. The lowest BCUT2D eigenvalue weighted by Gasteiger charge is -2.19. The maximum atomic E-state index is 13.4. The van der Waals surface area contributed by atoms with E-state index < -0.39 is 17.1 Å². The van der Waals surface area contributed by atoms with Crippen LogP contribution in [-0.4, -0.2) is 37.1 Å². The first-order valence-corrected chi connectivity index (χ1v) is 11.3. The molecule has 0 aliphatic rings. The number of amides is 2. The molecule has 1 atom stereocenters. The minimum atomic E-state index is -1.21. The van der Waals surface area contributed by atoms with Crippen LogP contribution in [0.2, 0.25) is 0 Å². The van der Waals surface area contributed by atoms with Crippen LogP contribution in [0.5, 0.6) is 11.5 Å². The molecule has 3 rings (SSSR count). The third-order valence-electron chi connectivity index (χ3n) is 4.74. The number of anilines is 2. The molecule has 2 amide bonds. The zero-order valence-electron chi connectivity index (χ0n) is 19.1. The van der Waals surface area contributed by atoms with Gasteiger partial charge in [0.25, 0.3) is 0 Å². The second-order valence-corrected chi connectivity index (χ2v) is 8.33. The molecule has 3 aromatic carbocycles. The second kappa shape index (κ2) is 12.3. The second-order valence-electron chi connectivity index (χ2n) is 7.15. The van der Waals surface area contributed by atoms with Crippen molar-refractivity contribution in [3.05, 3.63) is 90.5 Å². The molecule has 35 heavy (non-hydrogen) atoms. The summed E-state index contributed by atoms with van der Waals surface area (Å²) in [6, 6.07) is 21.4. The van der Waals surface area contributed by atoms with Crippen LogP contribution in [0.25, 0.3) is 0 Å². The summed E-state index contributed by atoms with van der Waals surface area (Å²) < 4.78 is 10.6. The molecule has 0 saturated heterocycles. The third kappa shape index (κ3) is 7.38. The van der Waals surface area contributed by atoms with Gasteiger partial charge in [0.05, 0.1) is 19.9 Å². The molecular formula is C26H24N2O6S. The smallest absolute Gasteiger partial charge is 0.328 e. The summed E-state index contributed by atoms with van der Waals surface area (Å²) in [5.41, 5.74) is 1.77. The van der Waals surface area contributed by atoms with Crippen molar-refractivity contribution in [2.24, 2.45) is 0 Å². The summed E-state index contributed by atoms with van der Waals surface area (Å²) >= 11 is 1.31. The molecule has 0 heterocycles. The Hall–Kier alpha value is -4.24. The number of benzene rings is 3. The van der Waals surface area contributed by atoms with Crippen LogP contribution in [0.15, 0.2) is 89.8 Å². The van der Waals surface area contributed by atoms with E-state index in [-0.39, 0.29) is 5.91 Å². The number of aliphatic carboxylic acids is 1. The average Bonchev–Trinajstić information content (AvgIpc) is 2.87. The molecule has 0 spiro atoms. The molecule has 3 N–H and O–H groups in total. The predicted octanol–water partition coefficient (Wildman–Crippen LogP) is 4.76. The summed E-state index contributed by atoms with van der Waals surface area (Å²) in [5, 5.41) is 13.6. The molecule has 0 fully saturated rings. The molecule has 9 heteroatoms. The Kier molecular flexibility index (Phi) is 8.91. The van der Waals surface area contributed by atoms with Crippen molar-refractivity contribution in [3.8, 4) is 11.5 Å². The number of hydrogen-bond acceptors (Lipinski definition) is 6. The van der Waals surface area contributed by atoms with Crippen LogP contribution < -0.4 is 20.1 Å². The standard InChI is InChI=1S/C26H24N2O6S/c1-33-19-11-12-21(22(16-19)34-2)28-26(32)25(17-7-4-3-5-8-17)35-20-10-6-9-18(15-20)27-23(29)13-14-24(30)31/h3-16,25H,1-2H3,(H,27,29)(H,28,32)(H,30,31)/b14-13+. The number of rotatable bonds is 10. The van der Waals surface area contributed by atoms with Crippen LogP contribution >= 0.6 is 11.8 Å². The van der Waals surface area contributed by atoms with E-state index in [1.807, 2.05) is 36.4 Å². The van der Waals surface area contributed by atoms with E-state index in [1.165, 1.54) is 18.9 Å². The van der Waals surface area contributed by atoms with Crippen molar-refractivity contribution in [2.75, 3.05) is 24.9 Å². The van der Waals surface area contributed by atoms with Gasteiger partial charge in [-0.25, -0.2) is 4.79 Å². The first-order valence-electron chi connectivity index (χ1n) is 10.5. The Morgan fingerprint density at radius 2 is 1.66 bits per heavy atom. The molecule has 1 unspecified atom stereocenters. The maximum absolute atomic E-state index is 13.4. The van der Waals surface area contributed by atoms with Crippen molar-refractivity contribution < 1.29 is 29.0 Å². The van der Waals surface area contributed by atoms with Gasteiger partial charge in [0.1, 0.15) is 16.7 Å². The van der Waals surface area contributed by atoms with Gasteiger partial charge in [-0.2, -0.15) is 0 Å². The number of nitrogens with one attached hydrogen (secondary N) is 2. The highest BCUT2D eigenvalue weighted by Crippen LogP contribution is 2.38. The zero-order chi connectivity index (χ0) is 25.2. The Balaban J connectivity index is 1.83. The third-order valence-corrected chi connectivity index (χ3v) is 5.99. The fourth-order valence-electron chi connectivity index (χ4n) is 3.11.